The summed E-state index contributed by atoms with van der Waals surface area (Å²) in [5.41, 5.74) is 0. The smallest absolute Gasteiger partial charge is 0.170 e. The van der Waals surface area contributed by atoms with Crippen LogP contribution in [0.25, 0.3) is 0 Å². The van der Waals surface area contributed by atoms with Gasteiger partial charge in [0, 0.05) is 0 Å². The largest absolute Gasteiger partial charge is 0.390 e. The van der Waals surface area contributed by atoms with Gasteiger partial charge in [-0.05, 0) is 12.3 Å². The third-order valence-corrected chi connectivity index (χ3v) is 2.90. The van der Waals surface area contributed by atoms with Gasteiger partial charge in [-0.3, -0.25) is 0 Å². The minimum atomic E-state index is -1.09. The fraction of sp³-hybridized carbons (Fsp3) is 1.00. The maximum atomic E-state index is 9.88. The first kappa shape index (κ1) is 14.3. The molecule has 96 valence electrons. The Hall–Kier alpha value is 0.230. The monoisotopic (exact) mass is 252 g/mol. The summed E-state index contributed by atoms with van der Waals surface area (Å²) < 4.78 is 10.3. The molecule has 0 amide bonds. The van der Waals surface area contributed by atoms with Crippen LogP contribution in [0.1, 0.15) is 20.3 Å². The van der Waals surface area contributed by atoms with Gasteiger partial charge in [0.05, 0.1) is 12.7 Å². The standard InChI is InChI=1S/C10H21O5P/c1-5(2)3-6(11)8(13)9-7(12)4-14-10(16)15-9/h5-13H,3-4,16H2,1-2H3/t6-,7+,8+,9+,10?/m0/s1. The fourth-order valence-corrected chi connectivity index (χ4v) is 2.02. The van der Waals surface area contributed by atoms with Crippen LogP contribution in [0.5, 0.6) is 0 Å². The molecule has 0 spiro atoms. The summed E-state index contributed by atoms with van der Waals surface area (Å²) in [6.45, 7) is 4.01. The maximum absolute atomic E-state index is 9.88. The van der Waals surface area contributed by atoms with Gasteiger partial charge in [-0.1, -0.05) is 23.1 Å². The van der Waals surface area contributed by atoms with E-state index >= 15 is 0 Å². The lowest BCUT2D eigenvalue weighted by Gasteiger charge is -2.36. The van der Waals surface area contributed by atoms with Crippen LogP contribution in [0.4, 0.5) is 0 Å². The Labute approximate surface area is 98.0 Å². The molecule has 0 aliphatic carbocycles. The van der Waals surface area contributed by atoms with Crippen molar-refractivity contribution in [2.24, 2.45) is 5.92 Å². The van der Waals surface area contributed by atoms with E-state index in [1.54, 1.807) is 0 Å². The first-order chi connectivity index (χ1) is 7.41. The van der Waals surface area contributed by atoms with Crippen LogP contribution in [-0.4, -0.2) is 52.4 Å². The van der Waals surface area contributed by atoms with E-state index in [4.69, 9.17) is 9.47 Å². The maximum Gasteiger partial charge on any atom is 0.170 e. The molecule has 1 aliphatic rings. The molecule has 0 radical (unpaired) electrons. The Morgan fingerprint density at radius 2 is 2.00 bits per heavy atom. The molecule has 5 nitrogen and oxygen atoms in total. The van der Waals surface area contributed by atoms with Gasteiger partial charge < -0.3 is 24.8 Å². The predicted molar refractivity (Wildman–Crippen MR) is 61.8 cm³/mol. The molecule has 0 saturated carbocycles. The minimum absolute atomic E-state index is 0.101. The lowest BCUT2D eigenvalue weighted by atomic mass is 9.96. The van der Waals surface area contributed by atoms with Crippen molar-refractivity contribution in [3.8, 4) is 0 Å². The van der Waals surface area contributed by atoms with Crippen LogP contribution >= 0.6 is 9.24 Å². The summed E-state index contributed by atoms with van der Waals surface area (Å²) in [5.74, 6) is 0.272. The van der Waals surface area contributed by atoms with Gasteiger partial charge in [-0.25, -0.2) is 0 Å². The van der Waals surface area contributed by atoms with Crippen LogP contribution in [0, 0.1) is 5.92 Å². The SMILES string of the molecule is CC(C)C[C@H](O)[C@@H](O)[C@@H]1OC(P)OC[C@H]1O. The van der Waals surface area contributed by atoms with Crippen molar-refractivity contribution in [2.45, 2.75) is 50.7 Å². The Kier molecular flexibility index (Phi) is 5.57. The van der Waals surface area contributed by atoms with E-state index in [2.05, 4.69) is 9.24 Å². The van der Waals surface area contributed by atoms with E-state index < -0.39 is 30.4 Å². The molecule has 0 aromatic rings. The molecule has 16 heavy (non-hydrogen) atoms. The molecule has 1 rings (SSSR count). The Morgan fingerprint density at radius 3 is 2.56 bits per heavy atom. The van der Waals surface area contributed by atoms with E-state index in [-0.39, 0.29) is 12.5 Å². The normalized spacial score (nSPS) is 35.1. The molecule has 1 saturated heterocycles. The van der Waals surface area contributed by atoms with Gasteiger partial charge in [0.15, 0.2) is 6.03 Å². The zero-order valence-corrected chi connectivity index (χ0v) is 10.8. The summed E-state index contributed by atoms with van der Waals surface area (Å²) in [4.78, 5) is 0. The highest BCUT2D eigenvalue weighted by Crippen LogP contribution is 2.23. The second-order valence-electron chi connectivity index (χ2n) is 4.56. The zero-order chi connectivity index (χ0) is 12.3. The topological polar surface area (TPSA) is 79.2 Å². The van der Waals surface area contributed by atoms with E-state index in [9.17, 15) is 15.3 Å². The molecule has 0 aromatic heterocycles. The van der Waals surface area contributed by atoms with Gasteiger partial charge in [0.2, 0.25) is 0 Å². The number of aliphatic hydroxyl groups excluding tert-OH is 3. The molecule has 0 aromatic carbocycles. The average Bonchev–Trinajstić information content (AvgIpc) is 2.19. The van der Waals surface area contributed by atoms with Crippen molar-refractivity contribution in [3.05, 3.63) is 0 Å². The summed E-state index contributed by atoms with van der Waals surface area (Å²) in [6, 6.07) is -0.547. The molecule has 0 bridgehead atoms. The molecule has 6 heteroatoms. The minimum Gasteiger partial charge on any atom is -0.390 e. The molecule has 6 atom stereocenters. The highest BCUT2D eigenvalue weighted by atomic mass is 31.0. The highest BCUT2D eigenvalue weighted by molar-refractivity contribution is 7.16. The second-order valence-corrected chi connectivity index (χ2v) is 5.10. The van der Waals surface area contributed by atoms with Gasteiger partial charge in [-0.15, -0.1) is 0 Å². The van der Waals surface area contributed by atoms with E-state index in [1.807, 2.05) is 13.8 Å². The van der Waals surface area contributed by atoms with Crippen LogP contribution in [0.15, 0.2) is 0 Å². The molecular formula is C10H21O5P. The summed E-state index contributed by atoms with van der Waals surface area (Å²) in [7, 11) is 2.31. The van der Waals surface area contributed by atoms with Crippen molar-refractivity contribution in [1.29, 1.82) is 0 Å². The number of hydrogen-bond donors (Lipinski definition) is 3. The summed E-state index contributed by atoms with van der Waals surface area (Å²) in [5, 5.41) is 29.2. The van der Waals surface area contributed by atoms with Crippen molar-refractivity contribution < 1.29 is 24.8 Å². The van der Waals surface area contributed by atoms with Crippen molar-refractivity contribution >= 4 is 9.24 Å². The highest BCUT2D eigenvalue weighted by Gasteiger charge is 2.37. The van der Waals surface area contributed by atoms with Crippen LogP contribution in [0.3, 0.4) is 0 Å². The summed E-state index contributed by atoms with van der Waals surface area (Å²) in [6.07, 6.45) is -3.23. The average molecular weight is 252 g/mol. The number of aliphatic hydroxyl groups is 3. The number of rotatable bonds is 4. The van der Waals surface area contributed by atoms with Crippen molar-refractivity contribution in [3.63, 3.8) is 0 Å². The Bertz CT molecular complexity index is 213. The van der Waals surface area contributed by atoms with Crippen LogP contribution in [0.2, 0.25) is 0 Å². The lowest BCUT2D eigenvalue weighted by molar-refractivity contribution is -0.247. The first-order valence-electron chi connectivity index (χ1n) is 5.48. The van der Waals surface area contributed by atoms with Crippen LogP contribution < -0.4 is 0 Å². The quantitative estimate of drug-likeness (QED) is 0.598. The summed E-state index contributed by atoms with van der Waals surface area (Å²) >= 11 is 0. The van der Waals surface area contributed by atoms with E-state index in [0.29, 0.717) is 6.42 Å². The number of hydrogen-bond acceptors (Lipinski definition) is 5. The van der Waals surface area contributed by atoms with Crippen LogP contribution in [-0.2, 0) is 9.47 Å². The van der Waals surface area contributed by atoms with Crippen molar-refractivity contribution in [2.75, 3.05) is 6.61 Å². The molecule has 1 aliphatic heterocycles. The molecule has 2 unspecified atom stereocenters. The third kappa shape index (κ3) is 3.91. The van der Waals surface area contributed by atoms with Gasteiger partial charge in [0.1, 0.15) is 18.3 Å². The first-order valence-corrected chi connectivity index (χ1v) is 6.15. The fourth-order valence-electron chi connectivity index (χ4n) is 1.72. The Morgan fingerprint density at radius 1 is 1.38 bits per heavy atom. The van der Waals surface area contributed by atoms with Gasteiger partial charge in [-0.2, -0.15) is 0 Å². The predicted octanol–water partition coefficient (Wildman–Crippen LogP) is -0.311. The van der Waals surface area contributed by atoms with E-state index in [1.165, 1.54) is 0 Å². The number of ether oxygens (including phenoxy) is 2. The lowest BCUT2D eigenvalue weighted by Crippen LogP contribution is -2.52. The van der Waals surface area contributed by atoms with Gasteiger partial charge >= 0.3 is 0 Å². The molecular weight excluding hydrogens is 231 g/mol. The second kappa shape index (κ2) is 6.24. The molecule has 1 fully saturated rings. The zero-order valence-electron chi connectivity index (χ0n) is 9.61. The van der Waals surface area contributed by atoms with Crippen molar-refractivity contribution in [1.82, 2.24) is 0 Å². The third-order valence-electron chi connectivity index (χ3n) is 2.55. The van der Waals surface area contributed by atoms with Gasteiger partial charge in [0.25, 0.3) is 0 Å². The van der Waals surface area contributed by atoms with E-state index in [0.717, 1.165) is 0 Å². The molecule has 1 heterocycles. The molecule has 3 N–H and O–H groups in total. The Balaban J connectivity index is 2.53.